The molecule has 0 spiro atoms. The third-order valence-corrected chi connectivity index (χ3v) is 6.78. The van der Waals surface area contributed by atoms with Crippen LogP contribution in [0.15, 0.2) is 41.4 Å². The number of benzene rings is 1. The lowest BCUT2D eigenvalue weighted by atomic mass is 10.2. The first kappa shape index (κ1) is 24.6. The molecule has 1 aromatic carbocycles. The van der Waals surface area contributed by atoms with Crippen LogP contribution >= 0.6 is 0 Å². The number of pyridine rings is 1. The summed E-state index contributed by atoms with van der Waals surface area (Å²) < 4.78 is 78.7. The van der Waals surface area contributed by atoms with E-state index in [-0.39, 0.29) is 48.3 Å². The van der Waals surface area contributed by atoms with Crippen LogP contribution in [0.1, 0.15) is 10.4 Å². The maximum atomic E-state index is 13.0. The van der Waals surface area contributed by atoms with Gasteiger partial charge in [-0.15, -0.1) is 0 Å². The van der Waals surface area contributed by atoms with Gasteiger partial charge in [-0.3, -0.25) is 4.79 Å². The van der Waals surface area contributed by atoms with Gasteiger partial charge in [-0.05, 0) is 18.2 Å². The summed E-state index contributed by atoms with van der Waals surface area (Å²) in [6.07, 6.45) is -3.37. The summed E-state index contributed by atoms with van der Waals surface area (Å²) in [5, 5.41) is 0. The van der Waals surface area contributed by atoms with Crippen LogP contribution in [0.25, 0.3) is 0 Å². The van der Waals surface area contributed by atoms with Crippen molar-refractivity contribution in [3.05, 3.63) is 42.1 Å². The van der Waals surface area contributed by atoms with Gasteiger partial charge in [0.05, 0.1) is 24.7 Å². The van der Waals surface area contributed by atoms with Gasteiger partial charge in [-0.25, -0.2) is 13.4 Å². The Hall–Kier alpha value is -3.06. The van der Waals surface area contributed by atoms with E-state index < -0.39 is 28.7 Å². The summed E-state index contributed by atoms with van der Waals surface area (Å²) in [5.41, 5.74) is 0.158. The summed E-state index contributed by atoms with van der Waals surface area (Å²) in [4.78, 5) is 17.9. The molecule has 33 heavy (non-hydrogen) atoms. The number of piperazine rings is 1. The number of hydrogen-bond acceptors (Lipinski definition) is 7. The molecular formula is C20H22F3N3O6S. The number of ether oxygens (including phenoxy) is 3. The van der Waals surface area contributed by atoms with Crippen LogP contribution in [0.5, 0.6) is 17.4 Å². The van der Waals surface area contributed by atoms with E-state index in [4.69, 9.17) is 9.47 Å². The van der Waals surface area contributed by atoms with E-state index in [2.05, 4.69) is 9.72 Å². The molecule has 0 N–H and O–H groups in total. The summed E-state index contributed by atoms with van der Waals surface area (Å²) in [7, 11) is -0.968. The van der Waals surface area contributed by atoms with Crippen molar-refractivity contribution in [3.8, 4) is 17.4 Å². The number of carbonyl (C=O) groups is 1. The molecule has 1 amide bonds. The number of carbonyl (C=O) groups excluding carboxylic acids is 1. The first-order valence-electron chi connectivity index (χ1n) is 9.72. The number of halogens is 3. The quantitative estimate of drug-likeness (QED) is 0.588. The second kappa shape index (κ2) is 9.83. The Morgan fingerprint density at radius 2 is 1.70 bits per heavy atom. The average Bonchev–Trinajstić information content (AvgIpc) is 2.81. The van der Waals surface area contributed by atoms with Crippen LogP contribution in [-0.2, 0) is 10.0 Å². The number of nitrogens with zero attached hydrogens (tertiary/aromatic N) is 3. The van der Waals surface area contributed by atoms with Crippen LogP contribution in [0.3, 0.4) is 0 Å². The topological polar surface area (TPSA) is 98.3 Å². The van der Waals surface area contributed by atoms with E-state index >= 15 is 0 Å². The van der Waals surface area contributed by atoms with Crippen LogP contribution < -0.4 is 14.2 Å². The van der Waals surface area contributed by atoms with Crippen LogP contribution in [0, 0.1) is 0 Å². The Bertz CT molecular complexity index is 1090. The molecule has 13 heteroatoms. The fourth-order valence-electron chi connectivity index (χ4n) is 3.19. The monoisotopic (exact) mass is 489 g/mol. The van der Waals surface area contributed by atoms with Gasteiger partial charge in [0.1, 0.15) is 0 Å². The third kappa shape index (κ3) is 5.85. The minimum absolute atomic E-state index is 0.0403. The molecule has 0 radical (unpaired) electrons. The van der Waals surface area contributed by atoms with Crippen molar-refractivity contribution in [2.75, 3.05) is 47.0 Å². The van der Waals surface area contributed by atoms with Gasteiger partial charge in [0.2, 0.25) is 15.9 Å². The molecule has 2 heterocycles. The van der Waals surface area contributed by atoms with Gasteiger partial charge < -0.3 is 19.1 Å². The number of alkyl halides is 3. The molecule has 0 saturated carbocycles. The number of sulfonamides is 1. The third-order valence-electron chi connectivity index (χ3n) is 4.89. The van der Waals surface area contributed by atoms with Gasteiger partial charge in [0.25, 0.3) is 5.91 Å². The standard InChI is InChI=1S/C20H22F3N3O6S/c1-30-16-5-4-15(11-17(16)31-2)33(28,29)26-9-7-25(8-10-26)19(27)14-3-6-18(24-12-14)32-13-20(21,22)23/h3-6,11-12H,7-10,13H2,1-2H3. The Kier molecular flexibility index (Phi) is 7.32. The highest BCUT2D eigenvalue weighted by Gasteiger charge is 2.31. The average molecular weight is 489 g/mol. The van der Waals surface area contributed by atoms with E-state index in [0.717, 1.165) is 6.20 Å². The summed E-state index contributed by atoms with van der Waals surface area (Å²) >= 11 is 0. The first-order chi connectivity index (χ1) is 15.5. The molecule has 1 aromatic heterocycles. The normalized spacial score (nSPS) is 15.2. The highest BCUT2D eigenvalue weighted by Crippen LogP contribution is 2.31. The van der Waals surface area contributed by atoms with Gasteiger partial charge in [0.15, 0.2) is 18.1 Å². The highest BCUT2D eigenvalue weighted by atomic mass is 32.2. The maximum absolute atomic E-state index is 13.0. The molecule has 0 aliphatic carbocycles. The number of rotatable bonds is 7. The van der Waals surface area contributed by atoms with Gasteiger partial charge in [-0.1, -0.05) is 0 Å². The Morgan fingerprint density at radius 1 is 1.03 bits per heavy atom. The predicted octanol–water partition coefficient (Wildman–Crippen LogP) is 2.19. The van der Waals surface area contributed by atoms with Crippen LogP contribution in [0.4, 0.5) is 13.2 Å². The zero-order valence-corrected chi connectivity index (χ0v) is 18.6. The molecule has 0 atom stereocenters. The van der Waals surface area contributed by atoms with Crippen molar-refractivity contribution in [1.29, 1.82) is 0 Å². The van der Waals surface area contributed by atoms with Crippen molar-refractivity contribution in [1.82, 2.24) is 14.2 Å². The smallest absolute Gasteiger partial charge is 0.422 e. The lowest BCUT2D eigenvalue weighted by Crippen LogP contribution is -2.50. The van der Waals surface area contributed by atoms with Crippen molar-refractivity contribution in [3.63, 3.8) is 0 Å². The van der Waals surface area contributed by atoms with Crippen molar-refractivity contribution in [2.24, 2.45) is 0 Å². The van der Waals surface area contributed by atoms with Crippen molar-refractivity contribution >= 4 is 15.9 Å². The molecule has 3 rings (SSSR count). The zero-order chi connectivity index (χ0) is 24.2. The molecule has 1 saturated heterocycles. The van der Waals surface area contributed by atoms with Crippen molar-refractivity contribution in [2.45, 2.75) is 11.1 Å². The fourth-order valence-corrected chi connectivity index (χ4v) is 4.63. The maximum Gasteiger partial charge on any atom is 0.422 e. The molecule has 0 bridgehead atoms. The number of methoxy groups -OCH3 is 2. The number of amides is 1. The lowest BCUT2D eigenvalue weighted by molar-refractivity contribution is -0.154. The van der Waals surface area contributed by atoms with Crippen molar-refractivity contribution < 1.29 is 40.6 Å². The second-order valence-corrected chi connectivity index (χ2v) is 8.94. The minimum Gasteiger partial charge on any atom is -0.493 e. The molecule has 180 valence electrons. The molecule has 0 unspecified atom stereocenters. The Morgan fingerprint density at radius 3 is 2.24 bits per heavy atom. The minimum atomic E-state index is -4.49. The molecule has 1 aliphatic heterocycles. The fraction of sp³-hybridized carbons (Fsp3) is 0.400. The molecule has 1 fully saturated rings. The number of aromatic nitrogens is 1. The van der Waals surface area contributed by atoms with Gasteiger partial charge in [-0.2, -0.15) is 17.5 Å². The molecular weight excluding hydrogens is 467 g/mol. The molecule has 2 aromatic rings. The van der Waals surface area contributed by atoms with E-state index in [9.17, 15) is 26.4 Å². The summed E-state index contributed by atoms with van der Waals surface area (Å²) in [6.45, 7) is -1.07. The summed E-state index contributed by atoms with van der Waals surface area (Å²) in [5.74, 6) is 0.0144. The Labute approximate surface area is 188 Å². The van der Waals surface area contributed by atoms with Gasteiger partial charge >= 0.3 is 6.18 Å². The molecule has 1 aliphatic rings. The van der Waals surface area contributed by atoms with E-state index in [1.165, 1.54) is 53.8 Å². The SMILES string of the molecule is COc1ccc(S(=O)(=O)N2CCN(C(=O)c3ccc(OCC(F)(F)F)nc3)CC2)cc1OC. The first-order valence-corrected chi connectivity index (χ1v) is 11.2. The number of hydrogen-bond donors (Lipinski definition) is 0. The van der Waals surface area contributed by atoms with E-state index in [0.29, 0.717) is 5.75 Å². The molecule has 9 nitrogen and oxygen atoms in total. The van der Waals surface area contributed by atoms with Gasteiger partial charge in [0, 0.05) is 44.5 Å². The largest absolute Gasteiger partial charge is 0.493 e. The highest BCUT2D eigenvalue weighted by molar-refractivity contribution is 7.89. The van der Waals surface area contributed by atoms with E-state index in [1.807, 2.05) is 0 Å². The van der Waals surface area contributed by atoms with Crippen LogP contribution in [-0.4, -0.2) is 81.7 Å². The zero-order valence-electron chi connectivity index (χ0n) is 17.8. The second-order valence-electron chi connectivity index (χ2n) is 7.00. The Balaban J connectivity index is 1.62. The van der Waals surface area contributed by atoms with E-state index in [1.54, 1.807) is 0 Å². The lowest BCUT2D eigenvalue weighted by Gasteiger charge is -2.34. The predicted molar refractivity (Wildman–Crippen MR) is 110 cm³/mol. The van der Waals surface area contributed by atoms with Crippen LogP contribution in [0.2, 0.25) is 0 Å². The summed E-state index contributed by atoms with van der Waals surface area (Å²) in [6, 6.07) is 6.78.